The summed E-state index contributed by atoms with van der Waals surface area (Å²) in [5, 5.41) is 2.80. The first-order chi connectivity index (χ1) is 15.6. The van der Waals surface area contributed by atoms with E-state index in [9.17, 15) is 18.0 Å². The fourth-order valence-corrected chi connectivity index (χ4v) is 4.38. The average molecular weight is 540 g/mol. The number of methoxy groups -OCH3 is 1. The number of carbonyl (C=O) groups excluding carboxylic acids is 2. The molecule has 2 amide bonds. The first-order valence-corrected chi connectivity index (χ1v) is 13.1. The van der Waals surface area contributed by atoms with Crippen molar-refractivity contribution < 1.29 is 22.7 Å². The van der Waals surface area contributed by atoms with E-state index in [1.807, 2.05) is 6.92 Å². The summed E-state index contributed by atoms with van der Waals surface area (Å²) in [5.41, 5.74) is 1.14. The Balaban J connectivity index is 2.36. The van der Waals surface area contributed by atoms with Crippen molar-refractivity contribution in [2.24, 2.45) is 0 Å². The highest BCUT2D eigenvalue weighted by molar-refractivity contribution is 9.10. The highest BCUT2D eigenvalue weighted by atomic mass is 79.9. The lowest BCUT2D eigenvalue weighted by Gasteiger charge is -2.31. The molecule has 1 N–H and O–H groups in total. The number of rotatable bonds is 11. The highest BCUT2D eigenvalue weighted by Gasteiger charge is 2.30. The molecule has 0 bridgehead atoms. The van der Waals surface area contributed by atoms with E-state index in [0.717, 1.165) is 22.5 Å². The molecule has 0 spiro atoms. The zero-order chi connectivity index (χ0) is 24.6. The number of nitrogens with one attached hydrogen (secondary N) is 1. The summed E-state index contributed by atoms with van der Waals surface area (Å²) in [6.07, 6.45) is 1.81. The van der Waals surface area contributed by atoms with Crippen LogP contribution in [-0.4, -0.2) is 57.6 Å². The molecule has 1 unspecified atom stereocenters. The molecule has 0 saturated carbocycles. The molecule has 0 aromatic heterocycles. The van der Waals surface area contributed by atoms with Gasteiger partial charge in [0.25, 0.3) is 0 Å². The second kappa shape index (κ2) is 12.0. The Morgan fingerprint density at radius 2 is 1.82 bits per heavy atom. The summed E-state index contributed by atoms with van der Waals surface area (Å²) in [5.74, 6) is -0.120. The van der Waals surface area contributed by atoms with Crippen molar-refractivity contribution in [2.75, 3.05) is 30.8 Å². The van der Waals surface area contributed by atoms with Gasteiger partial charge in [0.05, 0.1) is 19.1 Å². The molecule has 2 rings (SSSR count). The van der Waals surface area contributed by atoms with Crippen molar-refractivity contribution >= 4 is 43.5 Å². The van der Waals surface area contributed by atoms with E-state index in [2.05, 4.69) is 21.2 Å². The number of ether oxygens (including phenoxy) is 1. The van der Waals surface area contributed by atoms with E-state index >= 15 is 0 Å². The van der Waals surface area contributed by atoms with E-state index in [0.29, 0.717) is 22.5 Å². The quantitative estimate of drug-likeness (QED) is 0.473. The van der Waals surface area contributed by atoms with Crippen LogP contribution in [0.2, 0.25) is 0 Å². The van der Waals surface area contributed by atoms with E-state index in [1.54, 1.807) is 62.6 Å². The van der Waals surface area contributed by atoms with Crippen molar-refractivity contribution in [3.8, 4) is 5.75 Å². The minimum Gasteiger partial charge on any atom is -0.497 e. The number of sulfonamides is 1. The van der Waals surface area contributed by atoms with Gasteiger partial charge in [-0.1, -0.05) is 41.1 Å². The molecule has 0 heterocycles. The van der Waals surface area contributed by atoms with Crippen molar-refractivity contribution in [1.82, 2.24) is 10.2 Å². The van der Waals surface area contributed by atoms with Gasteiger partial charge in [-0.15, -0.1) is 0 Å². The highest BCUT2D eigenvalue weighted by Crippen LogP contribution is 2.23. The minimum atomic E-state index is -3.76. The Kier molecular flexibility index (Phi) is 9.72. The fraction of sp³-hybridized carbons (Fsp3) is 0.391. The third-order valence-corrected chi connectivity index (χ3v) is 6.64. The van der Waals surface area contributed by atoms with Crippen LogP contribution in [0, 0.1) is 0 Å². The number of carbonyl (C=O) groups is 2. The van der Waals surface area contributed by atoms with Gasteiger partial charge in [-0.05, 0) is 49.2 Å². The molecule has 0 aliphatic rings. The molecule has 0 aliphatic heterocycles. The number of halogens is 1. The average Bonchev–Trinajstić information content (AvgIpc) is 2.78. The Hall–Kier alpha value is -2.59. The summed E-state index contributed by atoms with van der Waals surface area (Å²) < 4.78 is 31.9. The molecule has 2 aromatic rings. The molecule has 0 saturated heterocycles. The monoisotopic (exact) mass is 539 g/mol. The predicted molar refractivity (Wildman–Crippen MR) is 133 cm³/mol. The van der Waals surface area contributed by atoms with Crippen LogP contribution in [0.4, 0.5) is 5.69 Å². The summed E-state index contributed by atoms with van der Waals surface area (Å²) >= 11 is 3.33. The van der Waals surface area contributed by atoms with Crippen LogP contribution < -0.4 is 14.4 Å². The second-order valence-corrected chi connectivity index (χ2v) is 10.4. The molecule has 0 radical (unpaired) electrons. The third kappa shape index (κ3) is 7.75. The number of hydrogen-bond donors (Lipinski definition) is 1. The number of hydrogen-bond acceptors (Lipinski definition) is 5. The smallest absolute Gasteiger partial charge is 0.244 e. The van der Waals surface area contributed by atoms with Crippen molar-refractivity contribution in [3.05, 3.63) is 58.6 Å². The summed E-state index contributed by atoms with van der Waals surface area (Å²) in [7, 11) is -2.20. The molecule has 8 nitrogen and oxygen atoms in total. The van der Waals surface area contributed by atoms with Crippen LogP contribution in [0.5, 0.6) is 5.75 Å². The maximum atomic E-state index is 13.4. The normalized spacial score (nSPS) is 12.0. The van der Waals surface area contributed by atoms with Crippen LogP contribution >= 0.6 is 15.9 Å². The second-order valence-electron chi connectivity index (χ2n) is 7.59. The van der Waals surface area contributed by atoms with E-state index in [4.69, 9.17) is 4.74 Å². The van der Waals surface area contributed by atoms with Gasteiger partial charge in [0.1, 0.15) is 18.3 Å². The summed E-state index contributed by atoms with van der Waals surface area (Å²) in [6.45, 7) is 3.77. The fourth-order valence-electron chi connectivity index (χ4n) is 3.15. The lowest BCUT2D eigenvalue weighted by Crippen LogP contribution is -2.51. The zero-order valence-corrected chi connectivity index (χ0v) is 21.6. The first kappa shape index (κ1) is 26.7. The number of anilines is 1. The predicted octanol–water partition coefficient (Wildman–Crippen LogP) is 3.17. The molecular formula is C23H30BrN3O5S. The lowest BCUT2D eigenvalue weighted by atomic mass is 10.1. The molecule has 2 aromatic carbocycles. The van der Waals surface area contributed by atoms with Gasteiger partial charge < -0.3 is 15.0 Å². The Bertz CT molecular complexity index is 1060. The molecule has 33 heavy (non-hydrogen) atoms. The summed E-state index contributed by atoms with van der Waals surface area (Å²) in [6, 6.07) is 13.0. The van der Waals surface area contributed by atoms with Crippen molar-refractivity contribution in [3.63, 3.8) is 0 Å². The SMILES string of the molecule is CCCNC(=O)C(C)N(Cc1ccc(OC)cc1)C(=O)CN(c1cccc(Br)c1)S(C)(=O)=O. The van der Waals surface area contributed by atoms with Crippen LogP contribution in [0.3, 0.4) is 0 Å². The van der Waals surface area contributed by atoms with Gasteiger partial charge in [0, 0.05) is 17.6 Å². The first-order valence-electron chi connectivity index (χ1n) is 10.5. The van der Waals surface area contributed by atoms with Gasteiger partial charge in [0.2, 0.25) is 21.8 Å². The standard InChI is InChI=1S/C23H30BrN3O5S/c1-5-13-25-23(29)17(2)26(15-18-9-11-21(32-3)12-10-18)22(28)16-27(33(4,30)31)20-8-6-7-19(24)14-20/h6-12,14,17H,5,13,15-16H2,1-4H3,(H,25,29). The van der Waals surface area contributed by atoms with Crippen molar-refractivity contribution in [2.45, 2.75) is 32.9 Å². The third-order valence-electron chi connectivity index (χ3n) is 5.00. The van der Waals surface area contributed by atoms with Crippen LogP contribution in [0.15, 0.2) is 53.0 Å². The minimum absolute atomic E-state index is 0.139. The Morgan fingerprint density at radius 3 is 2.36 bits per heavy atom. The Morgan fingerprint density at radius 1 is 1.15 bits per heavy atom. The molecule has 180 valence electrons. The van der Waals surface area contributed by atoms with E-state index < -0.39 is 28.5 Å². The molecule has 1 atom stereocenters. The topological polar surface area (TPSA) is 96.0 Å². The van der Waals surface area contributed by atoms with E-state index in [-0.39, 0.29) is 12.5 Å². The molecule has 0 aliphatic carbocycles. The van der Waals surface area contributed by atoms with Gasteiger partial charge in [0.15, 0.2) is 0 Å². The van der Waals surface area contributed by atoms with Crippen LogP contribution in [-0.2, 0) is 26.2 Å². The van der Waals surface area contributed by atoms with Gasteiger partial charge in [-0.3, -0.25) is 13.9 Å². The number of benzene rings is 2. The zero-order valence-electron chi connectivity index (χ0n) is 19.2. The largest absolute Gasteiger partial charge is 0.497 e. The molecular weight excluding hydrogens is 510 g/mol. The number of nitrogens with zero attached hydrogens (tertiary/aromatic N) is 2. The van der Waals surface area contributed by atoms with Gasteiger partial charge in [-0.25, -0.2) is 8.42 Å². The number of amides is 2. The van der Waals surface area contributed by atoms with Crippen LogP contribution in [0.25, 0.3) is 0 Å². The van der Waals surface area contributed by atoms with Crippen LogP contribution in [0.1, 0.15) is 25.8 Å². The van der Waals surface area contributed by atoms with Gasteiger partial charge >= 0.3 is 0 Å². The van der Waals surface area contributed by atoms with E-state index in [1.165, 1.54) is 4.90 Å². The van der Waals surface area contributed by atoms with Gasteiger partial charge in [-0.2, -0.15) is 0 Å². The summed E-state index contributed by atoms with van der Waals surface area (Å²) in [4.78, 5) is 27.5. The molecule has 10 heteroatoms. The van der Waals surface area contributed by atoms with Crippen molar-refractivity contribution in [1.29, 1.82) is 0 Å². The maximum absolute atomic E-state index is 13.4. The maximum Gasteiger partial charge on any atom is 0.244 e. The Labute approximate surface area is 204 Å². The lowest BCUT2D eigenvalue weighted by molar-refractivity contribution is -0.139. The molecule has 0 fully saturated rings.